The molecule has 1 aliphatic rings. The summed E-state index contributed by atoms with van der Waals surface area (Å²) in [6, 6.07) is 0. The van der Waals surface area contributed by atoms with Gasteiger partial charge in [0.2, 0.25) is 0 Å². The molecule has 6 atom stereocenters. The van der Waals surface area contributed by atoms with E-state index in [0.29, 0.717) is 19.3 Å². The zero-order valence-corrected chi connectivity index (χ0v) is 41.9. The minimum atomic E-state index is -4.61. The molecule has 1 fully saturated rings. The molecule has 0 aromatic rings. The van der Waals surface area contributed by atoms with Gasteiger partial charge in [-0.1, -0.05) is 177 Å². The van der Waals surface area contributed by atoms with E-state index in [-0.39, 0.29) is 19.4 Å². The summed E-state index contributed by atoms with van der Waals surface area (Å²) >= 11 is 0. The first-order valence-electron chi connectivity index (χ1n) is 25.8. The fourth-order valence-corrected chi connectivity index (χ4v) is 8.24. The molecular weight excluding hydrogens is 861 g/mol. The minimum absolute atomic E-state index is 0.0867. The summed E-state index contributed by atoms with van der Waals surface area (Å²) in [4.78, 5) is 25.5. The Morgan fingerprint density at radius 3 is 1.42 bits per heavy atom. The third kappa shape index (κ3) is 36.4. The fraction of sp³-hybridized carbons (Fsp3) is 0.774. The van der Waals surface area contributed by atoms with Crippen molar-refractivity contribution in [3.8, 4) is 0 Å². The summed E-state index contributed by atoms with van der Waals surface area (Å²) in [5, 5.41) is 31.0. The van der Waals surface area contributed by atoms with Crippen LogP contribution in [0.2, 0.25) is 0 Å². The summed E-state index contributed by atoms with van der Waals surface area (Å²) in [6.07, 6.45) is 44.1. The number of ether oxygens (including phenoxy) is 4. The van der Waals surface area contributed by atoms with Gasteiger partial charge in [0.1, 0.15) is 36.8 Å². The third-order valence-electron chi connectivity index (χ3n) is 11.6. The Labute approximate surface area is 400 Å². The molecule has 12 nitrogen and oxygen atoms in total. The van der Waals surface area contributed by atoms with Gasteiger partial charge in [-0.3, -0.25) is 14.1 Å². The Hall–Kier alpha value is -2.65. The predicted octanol–water partition coefficient (Wildman–Crippen LogP) is 11.7. The van der Waals surface area contributed by atoms with Gasteiger partial charge in [0.05, 0.1) is 6.61 Å². The van der Waals surface area contributed by atoms with Crippen molar-refractivity contribution < 1.29 is 56.8 Å². The maximum Gasteiger partial charge on any atom is 0.306 e. The second kappa shape index (κ2) is 42.5. The lowest BCUT2D eigenvalue weighted by Crippen LogP contribution is -2.60. The van der Waals surface area contributed by atoms with Crippen molar-refractivity contribution in [2.45, 2.75) is 243 Å². The third-order valence-corrected chi connectivity index (χ3v) is 12.3. The Bertz CT molecular complexity index is 1440. The Morgan fingerprint density at radius 2 is 0.924 bits per heavy atom. The molecule has 13 heteroatoms. The first kappa shape index (κ1) is 61.4. The molecule has 1 aliphatic heterocycles. The molecule has 0 saturated carbocycles. The molecule has 0 spiro atoms. The van der Waals surface area contributed by atoms with Crippen molar-refractivity contribution in [3.63, 3.8) is 0 Å². The second-order valence-corrected chi connectivity index (χ2v) is 19.3. The molecule has 0 aromatic heterocycles. The van der Waals surface area contributed by atoms with E-state index >= 15 is 0 Å². The summed E-state index contributed by atoms with van der Waals surface area (Å²) in [7, 11) is -4.61. The molecule has 1 heterocycles. The van der Waals surface area contributed by atoms with Gasteiger partial charge in [-0.25, -0.2) is 0 Å². The number of carbonyl (C=O) groups is 2. The number of rotatable bonds is 43. The molecule has 2 unspecified atom stereocenters. The molecule has 382 valence electrons. The SMILES string of the molecule is CCCCCC/C=C/CCCCCCCCCCCC(=O)OC[C@H](CO[C@H]1O[C@H](CS(=O)(=O)O)[C@@H](O)C(O)C1O)OC(=O)CCC/C=C/C/C=C/C/C=C/C/C=C/CCCCCCCCC. The lowest BCUT2D eigenvalue weighted by Gasteiger charge is -2.40. The van der Waals surface area contributed by atoms with Gasteiger partial charge in [0.25, 0.3) is 10.1 Å². The first-order chi connectivity index (χ1) is 32.0. The van der Waals surface area contributed by atoms with Gasteiger partial charge < -0.3 is 34.3 Å². The van der Waals surface area contributed by atoms with Crippen LogP contribution < -0.4 is 0 Å². The number of aliphatic hydroxyl groups excluding tert-OH is 3. The monoisotopic (exact) mass is 953 g/mol. The van der Waals surface area contributed by atoms with Crippen LogP contribution in [0.25, 0.3) is 0 Å². The van der Waals surface area contributed by atoms with E-state index in [1.807, 2.05) is 12.2 Å². The molecule has 66 heavy (non-hydrogen) atoms. The first-order valence-corrected chi connectivity index (χ1v) is 27.5. The normalized spacial score (nSPS) is 19.9. The van der Waals surface area contributed by atoms with E-state index in [4.69, 9.17) is 18.9 Å². The smallest absolute Gasteiger partial charge is 0.306 e. The fourth-order valence-electron chi connectivity index (χ4n) is 7.55. The van der Waals surface area contributed by atoms with Gasteiger partial charge in [-0.15, -0.1) is 0 Å². The van der Waals surface area contributed by atoms with E-state index in [2.05, 4.69) is 62.5 Å². The maximum absolute atomic E-state index is 12.8. The molecular formula is C53H92O12S. The predicted molar refractivity (Wildman–Crippen MR) is 265 cm³/mol. The topological polar surface area (TPSA) is 186 Å². The van der Waals surface area contributed by atoms with Gasteiger partial charge >= 0.3 is 11.9 Å². The summed E-state index contributed by atoms with van der Waals surface area (Å²) in [6.45, 7) is 3.72. The maximum atomic E-state index is 12.8. The number of esters is 2. The highest BCUT2D eigenvalue weighted by Crippen LogP contribution is 2.24. The Balaban J connectivity index is 2.43. The second-order valence-electron chi connectivity index (χ2n) is 17.8. The number of hydrogen-bond acceptors (Lipinski definition) is 11. The van der Waals surface area contributed by atoms with Crippen molar-refractivity contribution in [1.29, 1.82) is 0 Å². The number of aliphatic hydroxyl groups is 3. The average molecular weight is 953 g/mol. The van der Waals surface area contributed by atoms with Gasteiger partial charge in [0, 0.05) is 12.8 Å². The van der Waals surface area contributed by atoms with Crippen LogP contribution in [-0.2, 0) is 38.7 Å². The van der Waals surface area contributed by atoms with Crippen LogP contribution >= 0.6 is 0 Å². The van der Waals surface area contributed by atoms with Gasteiger partial charge in [-0.2, -0.15) is 8.42 Å². The van der Waals surface area contributed by atoms with E-state index in [1.165, 1.54) is 116 Å². The number of carbonyl (C=O) groups excluding carboxylic acids is 2. The summed E-state index contributed by atoms with van der Waals surface area (Å²) in [5.74, 6) is -2.06. The molecule has 0 aliphatic carbocycles. The summed E-state index contributed by atoms with van der Waals surface area (Å²) in [5.41, 5.74) is 0. The van der Waals surface area contributed by atoms with Gasteiger partial charge in [-0.05, 0) is 77.0 Å². The zero-order chi connectivity index (χ0) is 48.4. The molecule has 0 aromatic carbocycles. The standard InChI is InChI=1S/C53H92O12S/c1-3-5-7-9-11-13-15-17-19-21-22-23-24-26-28-30-32-34-36-38-40-42-49(55)64-46(44-63-53-52(58)51(57)50(56)47(65-53)45-66(59,60)61)43-62-48(54)41-39-37-35-33-31-29-27-25-20-18-16-14-12-10-8-6-4-2/h14,16,19,21,23-24,28,30,34,36,46-47,50-53,56-58H,3-13,15,17-18,20,22,25-27,29,31-33,35,37-45H2,1-2H3,(H,59,60,61)/b16-14+,21-19+,24-23+,30-28+,36-34+/t46-,47-,50-,51?,52?,53+/m1/s1. The van der Waals surface area contributed by atoms with Crippen molar-refractivity contribution in [2.24, 2.45) is 0 Å². The van der Waals surface area contributed by atoms with Crippen molar-refractivity contribution in [3.05, 3.63) is 60.8 Å². The van der Waals surface area contributed by atoms with Crippen LogP contribution in [0, 0.1) is 0 Å². The van der Waals surface area contributed by atoms with Crippen LogP contribution in [-0.4, -0.2) is 96.0 Å². The average Bonchev–Trinajstić information content (AvgIpc) is 3.28. The highest BCUT2D eigenvalue weighted by atomic mass is 32.2. The van der Waals surface area contributed by atoms with E-state index < -0.39 is 71.2 Å². The Morgan fingerprint density at radius 1 is 0.515 bits per heavy atom. The van der Waals surface area contributed by atoms with Crippen LogP contribution in [0.1, 0.15) is 206 Å². The minimum Gasteiger partial charge on any atom is -0.462 e. The number of unbranched alkanes of at least 4 members (excludes halogenated alkanes) is 21. The van der Waals surface area contributed by atoms with E-state index in [1.54, 1.807) is 0 Å². The molecule has 0 radical (unpaired) electrons. The highest BCUT2D eigenvalue weighted by Gasteiger charge is 2.46. The zero-order valence-electron chi connectivity index (χ0n) is 41.0. The van der Waals surface area contributed by atoms with Crippen molar-refractivity contribution in [1.82, 2.24) is 0 Å². The van der Waals surface area contributed by atoms with E-state index in [0.717, 1.165) is 44.9 Å². The van der Waals surface area contributed by atoms with Crippen molar-refractivity contribution >= 4 is 22.1 Å². The quantitative estimate of drug-likeness (QED) is 0.0196. The molecule has 4 N–H and O–H groups in total. The Kier molecular flexibility index (Phi) is 39.5. The van der Waals surface area contributed by atoms with Crippen LogP contribution in [0.4, 0.5) is 0 Å². The molecule has 0 amide bonds. The number of hydrogen-bond donors (Lipinski definition) is 4. The molecule has 0 bridgehead atoms. The largest absolute Gasteiger partial charge is 0.462 e. The highest BCUT2D eigenvalue weighted by molar-refractivity contribution is 7.85. The summed E-state index contributed by atoms with van der Waals surface area (Å²) < 4.78 is 54.2. The lowest BCUT2D eigenvalue weighted by atomic mass is 10.00. The van der Waals surface area contributed by atoms with Crippen LogP contribution in [0.5, 0.6) is 0 Å². The van der Waals surface area contributed by atoms with Crippen molar-refractivity contribution in [2.75, 3.05) is 19.0 Å². The van der Waals surface area contributed by atoms with E-state index in [9.17, 15) is 37.9 Å². The van der Waals surface area contributed by atoms with Crippen LogP contribution in [0.15, 0.2) is 60.8 Å². The van der Waals surface area contributed by atoms with Crippen LogP contribution in [0.3, 0.4) is 0 Å². The lowest BCUT2D eigenvalue weighted by molar-refractivity contribution is -0.297. The molecule has 1 saturated heterocycles. The number of allylic oxidation sites excluding steroid dienone is 10. The van der Waals surface area contributed by atoms with Gasteiger partial charge in [0.15, 0.2) is 12.4 Å². The molecule has 1 rings (SSSR count).